The first-order valence-electron chi connectivity index (χ1n) is 6.44. The summed E-state index contributed by atoms with van der Waals surface area (Å²) in [5.74, 6) is 0.0848. The van der Waals surface area contributed by atoms with Crippen LogP contribution in [0.3, 0.4) is 0 Å². The van der Waals surface area contributed by atoms with E-state index in [1.807, 2.05) is 24.4 Å². The fourth-order valence-electron chi connectivity index (χ4n) is 1.82. The molecule has 1 heterocycles. The van der Waals surface area contributed by atoms with Gasteiger partial charge in [0.2, 0.25) is 0 Å². The molecule has 0 amide bonds. The Labute approximate surface area is 117 Å². The van der Waals surface area contributed by atoms with Crippen LogP contribution in [0.5, 0.6) is 5.75 Å². The highest BCUT2D eigenvalue weighted by molar-refractivity contribution is 7.09. The number of rotatable bonds is 7. The highest BCUT2D eigenvalue weighted by Crippen LogP contribution is 2.23. The monoisotopic (exact) mass is 279 g/mol. The maximum absolute atomic E-state index is 13.8. The molecule has 2 nitrogen and oxygen atoms in total. The minimum atomic E-state index is -0.290. The van der Waals surface area contributed by atoms with Crippen molar-refractivity contribution in [3.63, 3.8) is 0 Å². The summed E-state index contributed by atoms with van der Waals surface area (Å²) >= 11 is 1.69. The molecule has 2 rings (SSSR count). The summed E-state index contributed by atoms with van der Waals surface area (Å²) in [6.07, 6.45) is 0.812. The third kappa shape index (κ3) is 4.04. The molecule has 0 spiro atoms. The van der Waals surface area contributed by atoms with E-state index in [0.29, 0.717) is 18.9 Å². The number of halogens is 1. The lowest BCUT2D eigenvalue weighted by Gasteiger charge is -2.12. The van der Waals surface area contributed by atoms with Crippen molar-refractivity contribution < 1.29 is 9.13 Å². The zero-order valence-corrected chi connectivity index (χ0v) is 11.8. The molecule has 0 fully saturated rings. The predicted octanol–water partition coefficient (Wildman–Crippen LogP) is 3.62. The van der Waals surface area contributed by atoms with Crippen molar-refractivity contribution in [2.45, 2.75) is 19.9 Å². The summed E-state index contributed by atoms with van der Waals surface area (Å²) in [5, 5.41) is 5.23. The van der Waals surface area contributed by atoms with Crippen molar-refractivity contribution in [3.05, 3.63) is 52.0 Å². The highest BCUT2D eigenvalue weighted by Gasteiger charge is 2.09. The third-order valence-corrected chi connectivity index (χ3v) is 3.73. The second kappa shape index (κ2) is 7.26. The van der Waals surface area contributed by atoms with Gasteiger partial charge in [-0.25, -0.2) is 4.39 Å². The predicted molar refractivity (Wildman–Crippen MR) is 77.3 cm³/mol. The van der Waals surface area contributed by atoms with Crippen molar-refractivity contribution in [2.75, 3.05) is 13.2 Å². The summed E-state index contributed by atoms with van der Waals surface area (Å²) < 4.78 is 19.4. The number of benzene rings is 1. The zero-order chi connectivity index (χ0) is 13.5. The largest absolute Gasteiger partial charge is 0.490 e. The minimum absolute atomic E-state index is 0.290. The zero-order valence-electron chi connectivity index (χ0n) is 11.0. The average Bonchev–Trinajstić information content (AvgIpc) is 2.92. The van der Waals surface area contributed by atoms with Crippen LogP contribution in [0.15, 0.2) is 35.7 Å². The molecule has 0 aliphatic heterocycles. The van der Waals surface area contributed by atoms with Gasteiger partial charge in [-0.15, -0.1) is 11.3 Å². The molecule has 1 aromatic heterocycles. The summed E-state index contributed by atoms with van der Waals surface area (Å²) in [4.78, 5) is 1.25. The van der Waals surface area contributed by atoms with Gasteiger partial charge in [-0.2, -0.15) is 0 Å². The average molecular weight is 279 g/mol. The van der Waals surface area contributed by atoms with Crippen LogP contribution in [0, 0.1) is 5.82 Å². The Bertz CT molecular complexity index is 499. The van der Waals surface area contributed by atoms with E-state index in [1.165, 1.54) is 10.9 Å². The van der Waals surface area contributed by atoms with E-state index in [4.69, 9.17) is 4.74 Å². The molecule has 0 aliphatic carbocycles. The molecule has 0 bridgehead atoms. The second-order valence-corrected chi connectivity index (χ2v) is 5.22. The SMILES string of the molecule is CCNCc1cccc(F)c1OCCc1cccs1. The van der Waals surface area contributed by atoms with Crippen LogP contribution in [0.2, 0.25) is 0 Å². The number of para-hydroxylation sites is 1. The van der Waals surface area contributed by atoms with Crippen molar-refractivity contribution in [1.82, 2.24) is 5.32 Å². The molecular formula is C15H18FNOS. The van der Waals surface area contributed by atoms with E-state index in [2.05, 4.69) is 11.4 Å². The topological polar surface area (TPSA) is 21.3 Å². The normalized spacial score (nSPS) is 10.6. The molecule has 0 unspecified atom stereocenters. The Hall–Kier alpha value is -1.39. The molecule has 0 aliphatic rings. The Balaban J connectivity index is 1.97. The maximum Gasteiger partial charge on any atom is 0.165 e. The van der Waals surface area contributed by atoms with Crippen LogP contribution in [-0.4, -0.2) is 13.2 Å². The fourth-order valence-corrected chi connectivity index (χ4v) is 2.51. The van der Waals surface area contributed by atoms with E-state index in [-0.39, 0.29) is 5.82 Å². The molecular weight excluding hydrogens is 261 g/mol. The van der Waals surface area contributed by atoms with Gasteiger partial charge in [-0.3, -0.25) is 0 Å². The highest BCUT2D eigenvalue weighted by atomic mass is 32.1. The molecule has 102 valence electrons. The molecule has 1 aromatic carbocycles. The van der Waals surface area contributed by atoms with Gasteiger partial charge in [0, 0.05) is 23.4 Å². The quantitative estimate of drug-likeness (QED) is 0.836. The van der Waals surface area contributed by atoms with E-state index < -0.39 is 0 Å². The van der Waals surface area contributed by atoms with E-state index in [9.17, 15) is 4.39 Å². The van der Waals surface area contributed by atoms with E-state index in [0.717, 1.165) is 18.5 Å². The fraction of sp³-hybridized carbons (Fsp3) is 0.333. The Kier molecular flexibility index (Phi) is 5.36. The van der Waals surface area contributed by atoms with Gasteiger partial charge in [-0.1, -0.05) is 25.1 Å². The molecule has 19 heavy (non-hydrogen) atoms. The van der Waals surface area contributed by atoms with Crippen LogP contribution >= 0.6 is 11.3 Å². The Morgan fingerprint density at radius 1 is 1.26 bits per heavy atom. The lowest BCUT2D eigenvalue weighted by molar-refractivity contribution is 0.302. The number of hydrogen-bond acceptors (Lipinski definition) is 3. The maximum atomic E-state index is 13.8. The van der Waals surface area contributed by atoms with Crippen LogP contribution in [-0.2, 0) is 13.0 Å². The van der Waals surface area contributed by atoms with E-state index >= 15 is 0 Å². The van der Waals surface area contributed by atoms with Crippen molar-refractivity contribution in [3.8, 4) is 5.75 Å². The van der Waals surface area contributed by atoms with Gasteiger partial charge in [0.25, 0.3) is 0 Å². The van der Waals surface area contributed by atoms with Crippen molar-refractivity contribution >= 4 is 11.3 Å². The molecule has 2 aromatic rings. The molecule has 0 saturated carbocycles. The summed E-state index contributed by atoms with van der Waals surface area (Å²) in [5.41, 5.74) is 0.869. The molecule has 0 saturated heterocycles. The standard InChI is InChI=1S/C15H18FNOS/c1-2-17-11-12-5-3-7-14(16)15(12)18-9-8-13-6-4-10-19-13/h3-7,10,17H,2,8-9,11H2,1H3. The van der Waals surface area contributed by atoms with E-state index in [1.54, 1.807) is 17.4 Å². The Morgan fingerprint density at radius 2 is 2.16 bits per heavy atom. The van der Waals surface area contributed by atoms with Crippen LogP contribution in [0.25, 0.3) is 0 Å². The van der Waals surface area contributed by atoms with Gasteiger partial charge in [0.05, 0.1) is 6.61 Å². The first-order chi connectivity index (χ1) is 9.31. The first-order valence-corrected chi connectivity index (χ1v) is 7.32. The second-order valence-electron chi connectivity index (χ2n) is 4.19. The van der Waals surface area contributed by atoms with Gasteiger partial charge < -0.3 is 10.1 Å². The van der Waals surface area contributed by atoms with Gasteiger partial charge >= 0.3 is 0 Å². The smallest absolute Gasteiger partial charge is 0.165 e. The van der Waals surface area contributed by atoms with Crippen LogP contribution < -0.4 is 10.1 Å². The third-order valence-electron chi connectivity index (χ3n) is 2.79. The number of nitrogens with one attached hydrogen (secondary N) is 1. The number of ether oxygens (including phenoxy) is 1. The van der Waals surface area contributed by atoms with Crippen LogP contribution in [0.4, 0.5) is 4.39 Å². The Morgan fingerprint density at radius 3 is 2.89 bits per heavy atom. The lowest BCUT2D eigenvalue weighted by atomic mass is 10.2. The van der Waals surface area contributed by atoms with Crippen molar-refractivity contribution in [1.29, 1.82) is 0 Å². The van der Waals surface area contributed by atoms with Gasteiger partial charge in [0.1, 0.15) is 0 Å². The number of hydrogen-bond donors (Lipinski definition) is 1. The lowest BCUT2D eigenvalue weighted by Crippen LogP contribution is -2.14. The van der Waals surface area contributed by atoms with Gasteiger partial charge in [-0.05, 0) is 24.1 Å². The first kappa shape index (κ1) is 14.0. The molecule has 0 radical (unpaired) electrons. The number of thiophene rings is 1. The summed E-state index contributed by atoms with van der Waals surface area (Å²) in [7, 11) is 0. The van der Waals surface area contributed by atoms with Gasteiger partial charge in [0.15, 0.2) is 11.6 Å². The molecule has 0 atom stereocenters. The van der Waals surface area contributed by atoms with Crippen LogP contribution in [0.1, 0.15) is 17.4 Å². The molecule has 4 heteroatoms. The minimum Gasteiger partial charge on any atom is -0.490 e. The summed E-state index contributed by atoms with van der Waals surface area (Å²) in [6, 6.07) is 9.13. The summed E-state index contributed by atoms with van der Waals surface area (Å²) in [6.45, 7) is 4.00. The molecule has 1 N–H and O–H groups in total. The van der Waals surface area contributed by atoms with Crippen molar-refractivity contribution in [2.24, 2.45) is 0 Å².